The van der Waals surface area contributed by atoms with Crippen LogP contribution in [0.1, 0.15) is 6.92 Å². The fourth-order valence-corrected chi connectivity index (χ4v) is 2.52. The second kappa shape index (κ2) is 8.58. The molecule has 1 atom stereocenters. The van der Waals surface area contributed by atoms with Gasteiger partial charge in [0.15, 0.2) is 0 Å². The van der Waals surface area contributed by atoms with Crippen molar-refractivity contribution in [2.75, 3.05) is 39.5 Å². The molecule has 1 aromatic carbocycles. The standard InChI is InChI=1S/C15H19Cl2NO4/c1-2-20-15(19)9-18-5-6-21-12(8-18)10-22-14-7-11(16)3-4-13(14)17/h3-4,7,12H,2,5-6,8-10H2,1H3/t12-/m0/s1. The van der Waals surface area contributed by atoms with Crippen molar-refractivity contribution in [3.63, 3.8) is 0 Å². The highest BCUT2D eigenvalue weighted by atomic mass is 35.5. The van der Waals surface area contributed by atoms with Crippen LogP contribution in [-0.2, 0) is 14.3 Å². The summed E-state index contributed by atoms with van der Waals surface area (Å²) in [5.41, 5.74) is 0. The van der Waals surface area contributed by atoms with Gasteiger partial charge in [0, 0.05) is 24.2 Å². The number of hydrogen-bond donors (Lipinski definition) is 0. The van der Waals surface area contributed by atoms with Crippen molar-refractivity contribution in [3.05, 3.63) is 28.2 Å². The van der Waals surface area contributed by atoms with Gasteiger partial charge in [-0.25, -0.2) is 0 Å². The van der Waals surface area contributed by atoms with Gasteiger partial charge in [-0.3, -0.25) is 9.69 Å². The summed E-state index contributed by atoms with van der Waals surface area (Å²) < 4.78 is 16.3. The number of morpholine rings is 1. The van der Waals surface area contributed by atoms with Crippen LogP contribution in [0, 0.1) is 0 Å². The number of nitrogens with zero attached hydrogens (tertiary/aromatic N) is 1. The molecule has 0 unspecified atom stereocenters. The molecular formula is C15H19Cl2NO4. The molecule has 0 aliphatic carbocycles. The zero-order chi connectivity index (χ0) is 15.9. The van der Waals surface area contributed by atoms with E-state index in [1.807, 2.05) is 4.90 Å². The second-order valence-corrected chi connectivity index (χ2v) is 5.76. The molecule has 2 rings (SSSR count). The number of carbonyl (C=O) groups excluding carboxylic acids is 1. The van der Waals surface area contributed by atoms with Gasteiger partial charge in [0.1, 0.15) is 18.5 Å². The van der Waals surface area contributed by atoms with Crippen LogP contribution in [0.5, 0.6) is 5.75 Å². The summed E-state index contributed by atoms with van der Waals surface area (Å²) in [6, 6.07) is 5.06. The first-order chi connectivity index (χ1) is 10.6. The van der Waals surface area contributed by atoms with Crippen molar-refractivity contribution >= 4 is 29.2 Å². The molecule has 1 aliphatic heterocycles. The van der Waals surface area contributed by atoms with Crippen LogP contribution in [0.25, 0.3) is 0 Å². The summed E-state index contributed by atoms with van der Waals surface area (Å²) in [4.78, 5) is 13.5. The third-order valence-corrected chi connectivity index (χ3v) is 3.75. The smallest absolute Gasteiger partial charge is 0.320 e. The quantitative estimate of drug-likeness (QED) is 0.740. The maximum atomic E-state index is 11.5. The van der Waals surface area contributed by atoms with E-state index < -0.39 is 0 Å². The molecule has 1 fully saturated rings. The van der Waals surface area contributed by atoms with Crippen LogP contribution in [0.2, 0.25) is 10.0 Å². The molecule has 0 saturated carbocycles. The largest absolute Gasteiger partial charge is 0.489 e. The van der Waals surface area contributed by atoms with E-state index in [1.165, 1.54) is 0 Å². The van der Waals surface area contributed by atoms with Gasteiger partial charge in [-0.15, -0.1) is 0 Å². The van der Waals surface area contributed by atoms with E-state index in [0.717, 1.165) is 0 Å². The highest BCUT2D eigenvalue weighted by Crippen LogP contribution is 2.28. The molecule has 1 aliphatic rings. The number of esters is 1. The Morgan fingerprint density at radius 2 is 2.27 bits per heavy atom. The Kier molecular flexibility index (Phi) is 6.76. The molecule has 0 N–H and O–H groups in total. The minimum Gasteiger partial charge on any atom is -0.489 e. The van der Waals surface area contributed by atoms with E-state index in [1.54, 1.807) is 25.1 Å². The third-order valence-electron chi connectivity index (χ3n) is 3.20. The van der Waals surface area contributed by atoms with Crippen LogP contribution in [0.3, 0.4) is 0 Å². The lowest BCUT2D eigenvalue weighted by atomic mass is 10.3. The minimum atomic E-state index is -0.220. The van der Waals surface area contributed by atoms with Crippen molar-refractivity contribution in [2.24, 2.45) is 0 Å². The molecular weight excluding hydrogens is 329 g/mol. The number of benzene rings is 1. The Balaban J connectivity index is 1.82. The fourth-order valence-electron chi connectivity index (χ4n) is 2.18. The number of halogens is 2. The lowest BCUT2D eigenvalue weighted by molar-refractivity contribution is -0.146. The number of ether oxygens (including phenoxy) is 3. The number of carbonyl (C=O) groups is 1. The predicted octanol–water partition coefficient (Wildman–Crippen LogP) is 2.64. The fraction of sp³-hybridized carbons (Fsp3) is 0.533. The predicted molar refractivity (Wildman–Crippen MR) is 84.8 cm³/mol. The van der Waals surface area contributed by atoms with Gasteiger partial charge in [0.25, 0.3) is 0 Å². The first kappa shape index (κ1) is 17.3. The van der Waals surface area contributed by atoms with E-state index in [2.05, 4.69) is 0 Å². The first-order valence-electron chi connectivity index (χ1n) is 7.16. The van der Waals surface area contributed by atoms with Crippen molar-refractivity contribution in [1.82, 2.24) is 4.90 Å². The summed E-state index contributed by atoms with van der Waals surface area (Å²) in [5, 5.41) is 1.07. The van der Waals surface area contributed by atoms with Crippen LogP contribution >= 0.6 is 23.2 Å². The molecule has 22 heavy (non-hydrogen) atoms. The molecule has 0 amide bonds. The van der Waals surface area contributed by atoms with Crippen LogP contribution in [-0.4, -0.2) is 56.4 Å². The van der Waals surface area contributed by atoms with Crippen molar-refractivity contribution < 1.29 is 19.0 Å². The molecule has 122 valence electrons. The summed E-state index contributed by atoms with van der Waals surface area (Å²) in [7, 11) is 0. The Morgan fingerprint density at radius 1 is 1.45 bits per heavy atom. The monoisotopic (exact) mass is 347 g/mol. The van der Waals surface area contributed by atoms with Gasteiger partial charge < -0.3 is 14.2 Å². The van der Waals surface area contributed by atoms with Gasteiger partial charge in [-0.1, -0.05) is 23.2 Å². The van der Waals surface area contributed by atoms with Gasteiger partial charge >= 0.3 is 5.97 Å². The molecule has 0 spiro atoms. The molecule has 0 radical (unpaired) electrons. The lowest BCUT2D eigenvalue weighted by Gasteiger charge is -2.32. The van der Waals surface area contributed by atoms with Crippen LogP contribution in [0.4, 0.5) is 0 Å². The van der Waals surface area contributed by atoms with Gasteiger partial charge in [0.2, 0.25) is 0 Å². The summed E-state index contributed by atoms with van der Waals surface area (Å²) in [5.74, 6) is 0.308. The maximum Gasteiger partial charge on any atom is 0.320 e. The van der Waals surface area contributed by atoms with E-state index in [-0.39, 0.29) is 18.6 Å². The zero-order valence-electron chi connectivity index (χ0n) is 12.4. The highest BCUT2D eigenvalue weighted by Gasteiger charge is 2.23. The Morgan fingerprint density at radius 3 is 3.05 bits per heavy atom. The average molecular weight is 348 g/mol. The van der Waals surface area contributed by atoms with E-state index in [0.29, 0.717) is 48.7 Å². The summed E-state index contributed by atoms with van der Waals surface area (Å²) in [6.07, 6.45) is -0.127. The van der Waals surface area contributed by atoms with Gasteiger partial charge in [0.05, 0.1) is 24.8 Å². The van der Waals surface area contributed by atoms with Crippen LogP contribution in [0.15, 0.2) is 18.2 Å². The zero-order valence-corrected chi connectivity index (χ0v) is 13.9. The lowest BCUT2D eigenvalue weighted by Crippen LogP contribution is -2.47. The topological polar surface area (TPSA) is 48.0 Å². The van der Waals surface area contributed by atoms with Gasteiger partial charge in [-0.05, 0) is 19.1 Å². The van der Waals surface area contributed by atoms with E-state index in [9.17, 15) is 4.79 Å². The Labute approximate surface area is 140 Å². The molecule has 1 heterocycles. The molecule has 1 saturated heterocycles. The Hall–Kier alpha value is -1.01. The van der Waals surface area contributed by atoms with E-state index >= 15 is 0 Å². The number of hydrogen-bond acceptors (Lipinski definition) is 5. The third kappa shape index (κ3) is 5.32. The van der Waals surface area contributed by atoms with Crippen molar-refractivity contribution in [3.8, 4) is 5.75 Å². The summed E-state index contributed by atoms with van der Waals surface area (Å²) in [6.45, 7) is 4.66. The van der Waals surface area contributed by atoms with Crippen LogP contribution < -0.4 is 4.74 Å². The molecule has 1 aromatic rings. The average Bonchev–Trinajstić information content (AvgIpc) is 2.49. The van der Waals surface area contributed by atoms with Crippen molar-refractivity contribution in [1.29, 1.82) is 0 Å². The molecule has 0 bridgehead atoms. The maximum absolute atomic E-state index is 11.5. The highest BCUT2D eigenvalue weighted by molar-refractivity contribution is 6.34. The van der Waals surface area contributed by atoms with E-state index in [4.69, 9.17) is 37.4 Å². The second-order valence-electron chi connectivity index (χ2n) is 4.92. The molecule has 5 nitrogen and oxygen atoms in total. The summed E-state index contributed by atoms with van der Waals surface area (Å²) >= 11 is 12.0. The normalized spacial score (nSPS) is 19.0. The van der Waals surface area contributed by atoms with Crippen molar-refractivity contribution in [2.45, 2.75) is 13.0 Å². The Bertz CT molecular complexity index is 512. The van der Waals surface area contributed by atoms with Gasteiger partial charge in [-0.2, -0.15) is 0 Å². The molecule has 0 aromatic heterocycles. The number of rotatable bonds is 6. The minimum absolute atomic E-state index is 0.127. The SMILES string of the molecule is CCOC(=O)CN1CCO[C@H](COc2cc(Cl)ccc2Cl)C1. The first-order valence-corrected chi connectivity index (χ1v) is 7.91. The molecule has 7 heteroatoms.